The van der Waals surface area contributed by atoms with Crippen LogP contribution >= 0.6 is 11.6 Å². The smallest absolute Gasteiger partial charge is 0.478 e. The number of carbonyl (C=O) groups is 1. The van der Waals surface area contributed by atoms with Crippen molar-refractivity contribution in [2.24, 2.45) is 0 Å². The molecule has 9 heteroatoms. The van der Waals surface area contributed by atoms with Crippen molar-refractivity contribution < 1.29 is 24.9 Å². The Kier molecular flexibility index (Phi) is 3.48. The zero-order chi connectivity index (χ0) is 12.5. The highest BCUT2D eigenvalue weighted by molar-refractivity contribution is 6.63. The number of carboxylic acids is 1. The Bertz CT molecular complexity index is 462. The average molecular weight is 245 g/mol. The van der Waals surface area contributed by atoms with Gasteiger partial charge in [-0.1, -0.05) is 11.6 Å². The first kappa shape index (κ1) is 12.4. The summed E-state index contributed by atoms with van der Waals surface area (Å²) in [5, 5.41) is 36.4. The minimum Gasteiger partial charge on any atom is -0.478 e. The van der Waals surface area contributed by atoms with Crippen LogP contribution in [-0.2, 0) is 0 Å². The molecule has 0 fully saturated rings. The van der Waals surface area contributed by atoms with Crippen molar-refractivity contribution in [1.29, 1.82) is 0 Å². The monoisotopic (exact) mass is 245 g/mol. The highest BCUT2D eigenvalue weighted by atomic mass is 35.5. The number of benzene rings is 1. The standard InChI is InChI=1S/C7H5BClNO6/c9-6-4(8(13)14)1-3(7(11)12)2-5(6)10(15)16/h1-2,13-14H,(H,11,12). The van der Waals surface area contributed by atoms with Crippen LogP contribution in [0.15, 0.2) is 12.1 Å². The zero-order valence-electron chi connectivity index (χ0n) is 7.62. The second-order valence-electron chi connectivity index (χ2n) is 2.83. The Morgan fingerprint density at radius 2 is 2.00 bits per heavy atom. The molecule has 16 heavy (non-hydrogen) atoms. The summed E-state index contributed by atoms with van der Waals surface area (Å²) in [5.74, 6) is -1.43. The molecular formula is C7H5BClNO6. The van der Waals surface area contributed by atoms with Crippen molar-refractivity contribution in [3.05, 3.63) is 32.8 Å². The summed E-state index contributed by atoms with van der Waals surface area (Å²) in [6.07, 6.45) is 0. The third kappa shape index (κ3) is 2.30. The molecule has 1 rings (SSSR count). The SMILES string of the molecule is O=C(O)c1cc(B(O)O)c(Cl)c([N+](=O)[O-])c1. The molecule has 0 saturated carbocycles. The first-order valence-corrected chi connectivity index (χ1v) is 4.29. The van der Waals surface area contributed by atoms with E-state index in [0.717, 1.165) is 12.1 Å². The van der Waals surface area contributed by atoms with Gasteiger partial charge in [0.15, 0.2) is 0 Å². The minimum atomic E-state index is -2.08. The normalized spacial score (nSPS) is 9.94. The van der Waals surface area contributed by atoms with Crippen molar-refractivity contribution in [3.63, 3.8) is 0 Å². The molecular weight excluding hydrogens is 240 g/mol. The predicted octanol–water partition coefficient (Wildman–Crippen LogP) is -0.374. The summed E-state index contributed by atoms with van der Waals surface area (Å²) in [5.41, 5.74) is -1.56. The highest BCUT2D eigenvalue weighted by Gasteiger charge is 2.26. The van der Waals surface area contributed by atoms with Gasteiger partial charge >= 0.3 is 13.1 Å². The van der Waals surface area contributed by atoms with Crippen molar-refractivity contribution in [3.8, 4) is 0 Å². The van der Waals surface area contributed by atoms with E-state index in [1.165, 1.54) is 0 Å². The molecule has 7 nitrogen and oxygen atoms in total. The van der Waals surface area contributed by atoms with Crippen molar-refractivity contribution in [2.45, 2.75) is 0 Å². The van der Waals surface area contributed by atoms with Crippen LogP contribution in [0.4, 0.5) is 5.69 Å². The molecule has 0 aromatic heterocycles. The molecule has 0 saturated heterocycles. The van der Waals surface area contributed by atoms with Gasteiger partial charge in [-0.15, -0.1) is 0 Å². The lowest BCUT2D eigenvalue weighted by atomic mass is 9.79. The molecule has 0 atom stereocenters. The molecule has 0 spiro atoms. The third-order valence-electron chi connectivity index (χ3n) is 1.80. The van der Waals surface area contributed by atoms with E-state index < -0.39 is 39.7 Å². The zero-order valence-corrected chi connectivity index (χ0v) is 8.38. The van der Waals surface area contributed by atoms with E-state index in [-0.39, 0.29) is 0 Å². The molecule has 0 radical (unpaired) electrons. The lowest BCUT2D eigenvalue weighted by molar-refractivity contribution is -0.384. The maximum Gasteiger partial charge on any atom is 0.490 e. The van der Waals surface area contributed by atoms with E-state index in [0.29, 0.717) is 0 Å². The molecule has 0 heterocycles. The van der Waals surface area contributed by atoms with E-state index >= 15 is 0 Å². The first-order valence-electron chi connectivity index (χ1n) is 3.92. The van der Waals surface area contributed by atoms with Gasteiger partial charge in [0.2, 0.25) is 0 Å². The van der Waals surface area contributed by atoms with Crippen LogP contribution in [0.2, 0.25) is 5.02 Å². The lowest BCUT2D eigenvalue weighted by Crippen LogP contribution is -2.32. The predicted molar refractivity (Wildman–Crippen MR) is 54.9 cm³/mol. The summed E-state index contributed by atoms with van der Waals surface area (Å²) >= 11 is 5.52. The second-order valence-corrected chi connectivity index (χ2v) is 3.21. The van der Waals surface area contributed by atoms with Gasteiger partial charge in [-0.3, -0.25) is 10.1 Å². The fourth-order valence-electron chi connectivity index (χ4n) is 1.08. The second kappa shape index (κ2) is 4.48. The van der Waals surface area contributed by atoms with Crippen molar-refractivity contribution in [1.82, 2.24) is 0 Å². The number of halogens is 1. The summed E-state index contributed by atoms with van der Waals surface area (Å²) in [6.45, 7) is 0. The number of hydrogen-bond donors (Lipinski definition) is 3. The Morgan fingerprint density at radius 3 is 2.38 bits per heavy atom. The summed E-state index contributed by atoms with van der Waals surface area (Å²) in [6, 6.07) is 1.61. The van der Waals surface area contributed by atoms with Crippen molar-refractivity contribution >= 4 is 35.8 Å². The molecule has 84 valence electrons. The number of carboxylic acid groups (broad SMARTS) is 1. The number of nitro groups is 1. The van der Waals surface area contributed by atoms with Crippen LogP contribution < -0.4 is 5.46 Å². The van der Waals surface area contributed by atoms with Crippen LogP contribution in [0.1, 0.15) is 10.4 Å². The molecule has 0 aliphatic rings. The van der Waals surface area contributed by atoms with Gasteiger partial charge in [0.1, 0.15) is 5.02 Å². The number of hydrogen-bond acceptors (Lipinski definition) is 5. The van der Waals surface area contributed by atoms with Crippen LogP contribution in [0, 0.1) is 10.1 Å². The molecule has 1 aromatic rings. The topological polar surface area (TPSA) is 121 Å². The minimum absolute atomic E-state index is 0.423. The van der Waals surface area contributed by atoms with E-state index in [1.807, 2.05) is 0 Å². The van der Waals surface area contributed by atoms with Crippen LogP contribution in [-0.4, -0.2) is 33.2 Å². The molecule has 3 N–H and O–H groups in total. The highest BCUT2D eigenvalue weighted by Crippen LogP contribution is 2.23. The lowest BCUT2D eigenvalue weighted by Gasteiger charge is -2.05. The number of aromatic carboxylic acids is 1. The van der Waals surface area contributed by atoms with Crippen LogP contribution in [0.25, 0.3) is 0 Å². The van der Waals surface area contributed by atoms with Crippen molar-refractivity contribution in [2.75, 3.05) is 0 Å². The Labute approximate surface area is 94.2 Å². The van der Waals surface area contributed by atoms with E-state index in [2.05, 4.69) is 0 Å². The Hall–Kier alpha value is -1.64. The van der Waals surface area contributed by atoms with Gasteiger partial charge in [0, 0.05) is 11.5 Å². The average Bonchev–Trinajstić information content (AvgIpc) is 2.16. The Morgan fingerprint density at radius 1 is 1.44 bits per heavy atom. The van der Waals surface area contributed by atoms with E-state index in [4.69, 9.17) is 26.8 Å². The fourth-order valence-corrected chi connectivity index (χ4v) is 1.35. The summed E-state index contributed by atoms with van der Waals surface area (Å²) in [7, 11) is -2.08. The first-order chi connectivity index (χ1) is 7.34. The number of nitrogens with zero attached hydrogens (tertiary/aromatic N) is 1. The molecule has 0 amide bonds. The van der Waals surface area contributed by atoms with Gasteiger partial charge in [0.25, 0.3) is 5.69 Å². The largest absolute Gasteiger partial charge is 0.490 e. The number of nitro benzene ring substituents is 1. The van der Waals surface area contributed by atoms with Gasteiger partial charge in [0.05, 0.1) is 10.5 Å². The van der Waals surface area contributed by atoms with Gasteiger partial charge in [-0.05, 0) is 6.07 Å². The van der Waals surface area contributed by atoms with Crippen LogP contribution in [0.5, 0.6) is 0 Å². The molecule has 0 bridgehead atoms. The number of rotatable bonds is 3. The Balaban J connectivity index is 3.51. The maximum atomic E-state index is 10.6. The molecule has 0 unspecified atom stereocenters. The quantitative estimate of drug-likeness (QED) is 0.379. The van der Waals surface area contributed by atoms with E-state index in [1.54, 1.807) is 0 Å². The summed E-state index contributed by atoms with van der Waals surface area (Å²) < 4.78 is 0. The van der Waals surface area contributed by atoms with Gasteiger partial charge < -0.3 is 15.2 Å². The van der Waals surface area contributed by atoms with E-state index in [9.17, 15) is 14.9 Å². The fraction of sp³-hybridized carbons (Fsp3) is 0. The van der Waals surface area contributed by atoms with Gasteiger partial charge in [-0.2, -0.15) is 0 Å². The van der Waals surface area contributed by atoms with Gasteiger partial charge in [-0.25, -0.2) is 4.79 Å². The molecule has 1 aromatic carbocycles. The maximum absolute atomic E-state index is 10.6. The molecule has 0 aliphatic carbocycles. The third-order valence-corrected chi connectivity index (χ3v) is 2.22. The van der Waals surface area contributed by atoms with Crippen LogP contribution in [0.3, 0.4) is 0 Å². The molecule has 0 aliphatic heterocycles. The summed E-state index contributed by atoms with van der Waals surface area (Å²) in [4.78, 5) is 20.3.